The summed E-state index contributed by atoms with van der Waals surface area (Å²) in [7, 11) is -0.426. The normalized spacial score (nSPS) is 24.5. The maximum atomic E-state index is 13.8. The number of rotatable bonds is 8. The minimum Gasteiger partial charge on any atom is -0.382 e. The molecule has 1 aromatic heterocycles. The highest BCUT2D eigenvalue weighted by Gasteiger charge is 2.54. The number of H-pyrrole nitrogens is 1. The SMILES string of the molecule is CNC(C)C(=O)NC(COC)C(=O)N1CCC2C1C(c1c[nH]c3cc(F)ccc13)CN2S(C)(=O)=O. The summed E-state index contributed by atoms with van der Waals surface area (Å²) < 4.78 is 45.7. The van der Waals surface area contributed by atoms with Crippen molar-refractivity contribution >= 4 is 32.7 Å². The number of hydrogen-bond acceptors (Lipinski definition) is 6. The van der Waals surface area contributed by atoms with Crippen molar-refractivity contribution in [3.05, 3.63) is 35.8 Å². The molecule has 0 radical (unpaired) electrons. The van der Waals surface area contributed by atoms with E-state index in [9.17, 15) is 22.4 Å². The predicted molar refractivity (Wildman–Crippen MR) is 129 cm³/mol. The van der Waals surface area contributed by atoms with E-state index in [1.54, 1.807) is 31.1 Å². The molecule has 35 heavy (non-hydrogen) atoms. The molecule has 0 saturated carbocycles. The molecule has 2 fully saturated rings. The third-order valence-corrected chi connectivity index (χ3v) is 8.41. The van der Waals surface area contributed by atoms with E-state index in [1.165, 1.54) is 29.8 Å². The van der Waals surface area contributed by atoms with E-state index in [0.29, 0.717) is 18.5 Å². The summed E-state index contributed by atoms with van der Waals surface area (Å²) in [5.74, 6) is -1.35. The second-order valence-corrected chi connectivity index (χ2v) is 11.2. The molecule has 4 rings (SSSR count). The van der Waals surface area contributed by atoms with Crippen molar-refractivity contribution in [2.75, 3.05) is 40.1 Å². The third-order valence-electron chi connectivity index (χ3n) is 7.14. The van der Waals surface area contributed by atoms with Gasteiger partial charge in [0.25, 0.3) is 0 Å². The minimum atomic E-state index is -3.53. The number of halogens is 1. The first-order chi connectivity index (χ1) is 16.6. The van der Waals surface area contributed by atoms with Crippen LogP contribution in [0.4, 0.5) is 4.39 Å². The van der Waals surface area contributed by atoms with Crippen LogP contribution in [0.5, 0.6) is 0 Å². The molecule has 3 heterocycles. The van der Waals surface area contributed by atoms with Gasteiger partial charge in [-0.1, -0.05) is 0 Å². The maximum Gasteiger partial charge on any atom is 0.247 e. The van der Waals surface area contributed by atoms with Gasteiger partial charge in [-0.15, -0.1) is 0 Å². The number of fused-ring (bicyclic) bond motifs is 2. The van der Waals surface area contributed by atoms with Gasteiger partial charge in [0.2, 0.25) is 21.8 Å². The van der Waals surface area contributed by atoms with E-state index in [-0.39, 0.29) is 42.7 Å². The smallest absolute Gasteiger partial charge is 0.247 e. The Morgan fingerprint density at radius 1 is 1.34 bits per heavy atom. The maximum absolute atomic E-state index is 13.8. The number of sulfonamides is 1. The lowest BCUT2D eigenvalue weighted by Gasteiger charge is -2.32. The fourth-order valence-corrected chi connectivity index (χ4v) is 6.51. The van der Waals surface area contributed by atoms with E-state index in [2.05, 4.69) is 15.6 Å². The first kappa shape index (κ1) is 25.5. The largest absolute Gasteiger partial charge is 0.382 e. The standard InChI is InChI=1S/C23H32FN5O5S/c1-13(25-2)22(30)27-19(12-34-3)23(31)28-8-7-20-21(28)17(11-29(20)35(4,32)33)16-10-26-18-9-14(24)5-6-15(16)18/h5-6,9-10,13,17,19-21,25-26H,7-8,11-12H2,1-4H3,(H,27,30). The number of ether oxygens (including phenoxy) is 1. The van der Waals surface area contributed by atoms with Crippen molar-refractivity contribution in [1.29, 1.82) is 0 Å². The number of amides is 2. The van der Waals surface area contributed by atoms with Crippen molar-refractivity contribution in [3.8, 4) is 0 Å². The summed E-state index contributed by atoms with van der Waals surface area (Å²) in [5.41, 5.74) is 1.44. The Hall–Kier alpha value is -2.54. The number of nitrogens with zero attached hydrogens (tertiary/aromatic N) is 2. The number of nitrogens with one attached hydrogen (secondary N) is 3. The highest BCUT2D eigenvalue weighted by molar-refractivity contribution is 7.88. The lowest BCUT2D eigenvalue weighted by molar-refractivity contribution is -0.139. The molecular formula is C23H32FN5O5S. The van der Waals surface area contributed by atoms with Crippen LogP contribution in [0, 0.1) is 5.82 Å². The predicted octanol–water partition coefficient (Wildman–Crippen LogP) is 0.374. The van der Waals surface area contributed by atoms with Crippen molar-refractivity contribution in [2.45, 2.75) is 43.4 Å². The third kappa shape index (κ3) is 4.80. The molecule has 10 nitrogen and oxygen atoms in total. The fourth-order valence-electron chi connectivity index (χ4n) is 5.35. The van der Waals surface area contributed by atoms with E-state index in [1.807, 2.05) is 0 Å². The molecule has 2 saturated heterocycles. The summed E-state index contributed by atoms with van der Waals surface area (Å²) in [6.45, 7) is 2.24. The second-order valence-electron chi connectivity index (χ2n) is 9.28. The van der Waals surface area contributed by atoms with Crippen LogP contribution >= 0.6 is 0 Å². The molecule has 2 aliphatic heterocycles. The monoisotopic (exact) mass is 509 g/mol. The number of carbonyl (C=O) groups excluding carboxylic acids is 2. The molecule has 1 aromatic carbocycles. The van der Waals surface area contributed by atoms with Crippen LogP contribution < -0.4 is 10.6 Å². The molecule has 2 amide bonds. The van der Waals surface area contributed by atoms with Crippen LogP contribution in [0.3, 0.4) is 0 Å². The zero-order valence-electron chi connectivity index (χ0n) is 20.2. The number of carbonyl (C=O) groups is 2. The number of aromatic nitrogens is 1. The quantitative estimate of drug-likeness (QED) is 0.473. The number of aromatic amines is 1. The average Bonchev–Trinajstić information content (AvgIpc) is 3.50. The van der Waals surface area contributed by atoms with Gasteiger partial charge in [0.1, 0.15) is 11.9 Å². The van der Waals surface area contributed by atoms with Gasteiger partial charge in [0.05, 0.1) is 24.9 Å². The number of likely N-dealkylation sites (N-methyl/N-ethyl adjacent to an activating group) is 1. The molecule has 0 spiro atoms. The van der Waals surface area contributed by atoms with Crippen LogP contribution in [-0.2, 0) is 24.3 Å². The lowest BCUT2D eigenvalue weighted by Crippen LogP contribution is -2.56. The zero-order valence-corrected chi connectivity index (χ0v) is 21.1. The van der Waals surface area contributed by atoms with Gasteiger partial charge in [-0.05, 0) is 44.2 Å². The average molecular weight is 510 g/mol. The van der Waals surface area contributed by atoms with Crippen LogP contribution in [0.1, 0.15) is 24.8 Å². The van der Waals surface area contributed by atoms with Gasteiger partial charge in [0.15, 0.2) is 0 Å². The molecule has 2 aliphatic rings. The number of hydrogen-bond donors (Lipinski definition) is 3. The molecular weight excluding hydrogens is 477 g/mol. The summed E-state index contributed by atoms with van der Waals surface area (Å²) in [6, 6.07) is 2.20. The summed E-state index contributed by atoms with van der Waals surface area (Å²) in [4.78, 5) is 30.9. The van der Waals surface area contributed by atoms with Crippen molar-refractivity contribution in [3.63, 3.8) is 0 Å². The summed E-state index contributed by atoms with van der Waals surface area (Å²) in [6.07, 6.45) is 3.42. The van der Waals surface area contributed by atoms with E-state index < -0.39 is 28.1 Å². The molecule has 0 bridgehead atoms. The number of methoxy groups -OCH3 is 1. The molecule has 12 heteroatoms. The fraction of sp³-hybridized carbons (Fsp3) is 0.565. The van der Waals surface area contributed by atoms with Gasteiger partial charge < -0.3 is 25.3 Å². The van der Waals surface area contributed by atoms with Crippen molar-refractivity contribution in [1.82, 2.24) is 24.8 Å². The highest BCUT2D eigenvalue weighted by Crippen LogP contribution is 2.44. The van der Waals surface area contributed by atoms with E-state index >= 15 is 0 Å². The summed E-state index contributed by atoms with van der Waals surface area (Å²) in [5, 5.41) is 6.39. The van der Waals surface area contributed by atoms with Crippen LogP contribution in [0.15, 0.2) is 24.4 Å². The number of likely N-dealkylation sites (tertiary alicyclic amines) is 1. The van der Waals surface area contributed by atoms with Gasteiger partial charge in [-0.25, -0.2) is 12.8 Å². The topological polar surface area (TPSA) is 124 Å². The lowest BCUT2D eigenvalue weighted by atomic mass is 9.91. The van der Waals surface area contributed by atoms with Crippen LogP contribution in [-0.4, -0.2) is 98.7 Å². The van der Waals surface area contributed by atoms with Gasteiger partial charge in [-0.3, -0.25) is 9.59 Å². The second kappa shape index (κ2) is 9.84. The highest BCUT2D eigenvalue weighted by atomic mass is 32.2. The number of benzene rings is 1. The Bertz CT molecular complexity index is 1220. The summed E-state index contributed by atoms with van der Waals surface area (Å²) >= 11 is 0. The molecule has 5 atom stereocenters. The first-order valence-corrected chi connectivity index (χ1v) is 13.4. The van der Waals surface area contributed by atoms with Gasteiger partial charge in [0, 0.05) is 49.3 Å². The van der Waals surface area contributed by atoms with Crippen LogP contribution in [0.25, 0.3) is 10.9 Å². The minimum absolute atomic E-state index is 0.0122. The molecule has 0 aliphatic carbocycles. The van der Waals surface area contributed by atoms with Gasteiger partial charge in [-0.2, -0.15) is 4.31 Å². The Morgan fingerprint density at radius 2 is 2.09 bits per heavy atom. The Balaban J connectivity index is 1.70. The zero-order chi connectivity index (χ0) is 25.5. The van der Waals surface area contributed by atoms with E-state index in [4.69, 9.17) is 4.74 Å². The Kier molecular flexibility index (Phi) is 7.18. The van der Waals surface area contributed by atoms with Crippen LogP contribution in [0.2, 0.25) is 0 Å². The molecule has 3 N–H and O–H groups in total. The van der Waals surface area contributed by atoms with Crippen molar-refractivity contribution in [2.24, 2.45) is 0 Å². The van der Waals surface area contributed by atoms with E-state index in [0.717, 1.165) is 10.9 Å². The van der Waals surface area contributed by atoms with Gasteiger partial charge >= 0.3 is 0 Å². The molecule has 192 valence electrons. The first-order valence-electron chi connectivity index (χ1n) is 11.6. The van der Waals surface area contributed by atoms with Crippen molar-refractivity contribution < 1.29 is 27.1 Å². The Labute approximate surface area is 204 Å². The molecule has 2 aromatic rings. The Morgan fingerprint density at radius 3 is 2.74 bits per heavy atom. The molecule has 5 unspecified atom stereocenters.